The van der Waals surface area contributed by atoms with Crippen molar-refractivity contribution in [2.45, 2.75) is 39.0 Å². The normalized spacial score (nSPS) is 24.3. The highest BCUT2D eigenvalue weighted by Crippen LogP contribution is 2.33. The topological polar surface area (TPSA) is 0 Å². The minimum atomic E-state index is -4.70. The predicted octanol–water partition coefficient (Wildman–Crippen LogP) is 3.90. The molecule has 0 radical (unpaired) electrons. The van der Waals surface area contributed by atoms with Crippen LogP contribution in [0, 0.1) is 5.92 Å². The maximum absolute atomic E-state index is 12.2. The summed E-state index contributed by atoms with van der Waals surface area (Å²) in [4.78, 5) is 0. The van der Waals surface area contributed by atoms with Crippen molar-refractivity contribution in [3.05, 3.63) is 11.5 Å². The molecule has 0 bridgehead atoms. The van der Waals surface area contributed by atoms with Gasteiger partial charge in [0.1, 0.15) is 0 Å². The molecule has 1 atom stereocenters. The highest BCUT2D eigenvalue weighted by Gasteiger charge is 2.30. The van der Waals surface area contributed by atoms with Crippen LogP contribution in [-0.4, -0.2) is 6.98 Å². The van der Waals surface area contributed by atoms with Crippen LogP contribution in [0.5, 0.6) is 0 Å². The molecule has 1 aliphatic rings. The van der Waals surface area contributed by atoms with E-state index < -0.39 is 6.98 Å². The molecule has 0 N–H and O–H groups in total. The molecular weight excluding hydrogens is 176 g/mol. The maximum Gasteiger partial charge on any atom is 0.505 e. The lowest BCUT2D eigenvalue weighted by Crippen LogP contribution is -2.22. The van der Waals surface area contributed by atoms with Crippen molar-refractivity contribution in [2.24, 2.45) is 5.92 Å². The van der Waals surface area contributed by atoms with Gasteiger partial charge in [-0.1, -0.05) is 26.2 Å². The Balaban J connectivity index is 2.48. The molecular formula is C9H15BF3-. The molecule has 0 heterocycles. The summed E-state index contributed by atoms with van der Waals surface area (Å²) in [6.07, 6.45) is 5.14. The minimum Gasteiger partial charge on any atom is -0.445 e. The van der Waals surface area contributed by atoms with E-state index >= 15 is 0 Å². The van der Waals surface area contributed by atoms with E-state index in [9.17, 15) is 12.9 Å². The summed E-state index contributed by atoms with van der Waals surface area (Å²) in [7, 11) is 0. The van der Waals surface area contributed by atoms with Crippen LogP contribution < -0.4 is 0 Å². The first-order valence-electron chi connectivity index (χ1n) is 4.93. The van der Waals surface area contributed by atoms with Crippen molar-refractivity contribution >= 4 is 6.98 Å². The standard InChI is InChI=1S/C9H15BF3/c1-2-3-8-4-6-9(7-5-8)10(11,12)13/h6,8H,2-5,7H2,1H3/q-1. The Hall–Kier alpha value is -0.405. The van der Waals surface area contributed by atoms with E-state index in [2.05, 4.69) is 6.92 Å². The van der Waals surface area contributed by atoms with Gasteiger partial charge in [0.15, 0.2) is 0 Å². The fourth-order valence-corrected chi connectivity index (χ4v) is 1.88. The fourth-order valence-electron chi connectivity index (χ4n) is 1.88. The van der Waals surface area contributed by atoms with Crippen LogP contribution in [0.4, 0.5) is 12.9 Å². The Kier molecular flexibility index (Phi) is 3.45. The van der Waals surface area contributed by atoms with Crippen molar-refractivity contribution < 1.29 is 12.9 Å². The smallest absolute Gasteiger partial charge is 0.445 e. The highest BCUT2D eigenvalue weighted by molar-refractivity contribution is 6.66. The van der Waals surface area contributed by atoms with Gasteiger partial charge in [-0.25, -0.2) is 0 Å². The Morgan fingerprint density at radius 2 is 2.15 bits per heavy atom. The fraction of sp³-hybridized carbons (Fsp3) is 0.778. The molecule has 1 rings (SSSR count). The lowest BCUT2D eigenvalue weighted by molar-refractivity contribution is 0.418. The predicted molar refractivity (Wildman–Crippen MR) is 49.4 cm³/mol. The number of rotatable bonds is 3. The van der Waals surface area contributed by atoms with E-state index in [1.807, 2.05) is 0 Å². The van der Waals surface area contributed by atoms with Gasteiger partial charge in [-0.2, -0.15) is 0 Å². The first kappa shape index (κ1) is 10.7. The summed E-state index contributed by atoms with van der Waals surface area (Å²) in [6.45, 7) is -2.62. The van der Waals surface area contributed by atoms with Gasteiger partial charge >= 0.3 is 6.98 Å². The highest BCUT2D eigenvalue weighted by atomic mass is 19.4. The van der Waals surface area contributed by atoms with E-state index in [0.29, 0.717) is 12.3 Å². The first-order chi connectivity index (χ1) is 6.04. The third kappa shape index (κ3) is 3.09. The number of hydrogen-bond acceptors (Lipinski definition) is 0. The van der Waals surface area contributed by atoms with Gasteiger partial charge in [0.2, 0.25) is 0 Å². The van der Waals surface area contributed by atoms with Gasteiger partial charge < -0.3 is 12.9 Å². The quantitative estimate of drug-likeness (QED) is 0.593. The second kappa shape index (κ2) is 4.20. The van der Waals surface area contributed by atoms with Crippen LogP contribution in [0.3, 0.4) is 0 Å². The van der Waals surface area contributed by atoms with Crippen molar-refractivity contribution in [1.29, 1.82) is 0 Å². The number of halogens is 3. The van der Waals surface area contributed by atoms with Gasteiger partial charge in [-0.15, -0.1) is 11.5 Å². The molecule has 0 saturated heterocycles. The minimum absolute atomic E-state index is 0.244. The van der Waals surface area contributed by atoms with Crippen molar-refractivity contribution in [3.8, 4) is 0 Å². The summed E-state index contributed by atoms with van der Waals surface area (Å²) in [5.41, 5.74) is -0.257. The third-order valence-electron chi connectivity index (χ3n) is 2.67. The average Bonchev–Trinajstić information content (AvgIpc) is 2.04. The lowest BCUT2D eigenvalue weighted by atomic mass is 9.71. The molecule has 0 aliphatic heterocycles. The number of allylic oxidation sites excluding steroid dienone is 2. The molecule has 0 spiro atoms. The lowest BCUT2D eigenvalue weighted by Gasteiger charge is -2.27. The Morgan fingerprint density at radius 1 is 1.46 bits per heavy atom. The summed E-state index contributed by atoms with van der Waals surface area (Å²) in [6, 6.07) is 0. The van der Waals surface area contributed by atoms with E-state index in [1.54, 1.807) is 0 Å². The Labute approximate surface area is 77.3 Å². The summed E-state index contributed by atoms with van der Waals surface area (Å²) in [5.74, 6) is 0.492. The molecule has 0 fully saturated rings. The molecule has 0 nitrogen and oxygen atoms in total. The molecule has 0 aromatic heterocycles. The SMILES string of the molecule is CCCC1CC=C([B-](F)(F)F)CC1. The Morgan fingerprint density at radius 3 is 2.54 bits per heavy atom. The third-order valence-corrected chi connectivity index (χ3v) is 2.67. The summed E-state index contributed by atoms with van der Waals surface area (Å²) in [5, 5.41) is 0. The molecule has 76 valence electrons. The molecule has 0 amide bonds. The van der Waals surface area contributed by atoms with Crippen molar-refractivity contribution in [3.63, 3.8) is 0 Å². The van der Waals surface area contributed by atoms with Gasteiger partial charge in [-0.3, -0.25) is 0 Å². The van der Waals surface area contributed by atoms with Gasteiger partial charge in [0, 0.05) is 0 Å². The second-order valence-corrected chi connectivity index (χ2v) is 3.78. The van der Waals surface area contributed by atoms with Crippen LogP contribution in [0.15, 0.2) is 11.5 Å². The van der Waals surface area contributed by atoms with E-state index in [0.717, 1.165) is 19.3 Å². The van der Waals surface area contributed by atoms with Crippen LogP contribution >= 0.6 is 0 Å². The number of hydrogen-bond donors (Lipinski definition) is 0. The summed E-state index contributed by atoms with van der Waals surface area (Å²) < 4.78 is 36.7. The maximum atomic E-state index is 12.2. The van der Waals surface area contributed by atoms with E-state index in [-0.39, 0.29) is 11.9 Å². The van der Waals surface area contributed by atoms with E-state index in [1.165, 1.54) is 6.08 Å². The van der Waals surface area contributed by atoms with Crippen LogP contribution in [-0.2, 0) is 0 Å². The van der Waals surface area contributed by atoms with Gasteiger partial charge in [0.25, 0.3) is 0 Å². The van der Waals surface area contributed by atoms with Crippen LogP contribution in [0.25, 0.3) is 0 Å². The molecule has 1 aliphatic carbocycles. The van der Waals surface area contributed by atoms with Crippen molar-refractivity contribution in [1.82, 2.24) is 0 Å². The van der Waals surface area contributed by atoms with Gasteiger partial charge in [-0.05, 0) is 18.8 Å². The Bertz CT molecular complexity index is 196. The zero-order valence-electron chi connectivity index (χ0n) is 7.90. The average molecular weight is 191 g/mol. The van der Waals surface area contributed by atoms with Crippen LogP contribution in [0.2, 0.25) is 0 Å². The van der Waals surface area contributed by atoms with Crippen LogP contribution in [0.1, 0.15) is 39.0 Å². The molecule has 4 heteroatoms. The molecule has 0 aromatic rings. The van der Waals surface area contributed by atoms with Crippen molar-refractivity contribution in [2.75, 3.05) is 0 Å². The first-order valence-corrected chi connectivity index (χ1v) is 4.93. The zero-order valence-corrected chi connectivity index (χ0v) is 7.90. The largest absolute Gasteiger partial charge is 0.505 e. The monoisotopic (exact) mass is 191 g/mol. The zero-order chi connectivity index (χ0) is 9.90. The van der Waals surface area contributed by atoms with Gasteiger partial charge in [0.05, 0.1) is 0 Å². The summed E-state index contributed by atoms with van der Waals surface area (Å²) >= 11 is 0. The molecule has 0 saturated carbocycles. The molecule has 13 heavy (non-hydrogen) atoms. The second-order valence-electron chi connectivity index (χ2n) is 3.78. The molecule has 0 aromatic carbocycles. The van der Waals surface area contributed by atoms with E-state index in [4.69, 9.17) is 0 Å². The molecule has 1 unspecified atom stereocenters.